The summed E-state index contributed by atoms with van der Waals surface area (Å²) in [4.78, 5) is 13.0. The van der Waals surface area contributed by atoms with E-state index < -0.39 is 22.0 Å². The molecule has 0 aliphatic rings. The molecule has 2 rings (SSSR count). The minimum absolute atomic E-state index is 0.216. The Morgan fingerprint density at radius 3 is 2.19 bits per heavy atom. The number of amides is 1. The van der Waals surface area contributed by atoms with Crippen molar-refractivity contribution < 1.29 is 13.2 Å². The average molecular weight is 429 g/mol. The number of carbonyl (C=O) groups excluding carboxylic acids is 1. The highest BCUT2D eigenvalue weighted by Gasteiger charge is 2.32. The van der Waals surface area contributed by atoms with E-state index >= 15 is 0 Å². The zero-order valence-electron chi connectivity index (χ0n) is 15.6. The number of anilines is 2. The predicted octanol–water partition coefficient (Wildman–Crippen LogP) is 4.79. The van der Waals surface area contributed by atoms with Gasteiger partial charge in [-0.3, -0.25) is 9.10 Å². The molecule has 0 aliphatic carbocycles. The van der Waals surface area contributed by atoms with Crippen molar-refractivity contribution in [3.8, 4) is 0 Å². The van der Waals surface area contributed by atoms with Crippen LogP contribution >= 0.6 is 23.2 Å². The third-order valence-corrected chi connectivity index (χ3v) is 6.14. The van der Waals surface area contributed by atoms with Crippen LogP contribution in [-0.2, 0) is 14.8 Å². The fourth-order valence-corrected chi connectivity index (χ4v) is 4.40. The first-order chi connectivity index (χ1) is 12.6. The molecule has 0 saturated carbocycles. The van der Waals surface area contributed by atoms with Gasteiger partial charge in [0.05, 0.1) is 22.0 Å². The summed E-state index contributed by atoms with van der Waals surface area (Å²) >= 11 is 12.0. The molecule has 0 bridgehead atoms. The van der Waals surface area contributed by atoms with Gasteiger partial charge >= 0.3 is 0 Å². The number of halogens is 2. The van der Waals surface area contributed by atoms with Gasteiger partial charge in [-0.25, -0.2) is 8.42 Å². The van der Waals surface area contributed by atoms with Crippen molar-refractivity contribution >= 4 is 50.5 Å². The van der Waals surface area contributed by atoms with Crippen molar-refractivity contribution in [1.82, 2.24) is 0 Å². The van der Waals surface area contributed by atoms with E-state index in [-0.39, 0.29) is 17.1 Å². The molecular formula is C19H22Cl2N2O3S. The van der Waals surface area contributed by atoms with Crippen LogP contribution < -0.4 is 9.62 Å². The Hall–Kier alpha value is -1.76. The Morgan fingerprint density at radius 1 is 1.11 bits per heavy atom. The Balaban J connectivity index is 2.46. The third kappa shape index (κ3) is 4.94. The van der Waals surface area contributed by atoms with Crippen LogP contribution in [0.2, 0.25) is 10.0 Å². The van der Waals surface area contributed by atoms with E-state index in [1.54, 1.807) is 6.92 Å². The van der Waals surface area contributed by atoms with Crippen molar-refractivity contribution in [3.05, 3.63) is 57.6 Å². The van der Waals surface area contributed by atoms with Crippen LogP contribution in [0.25, 0.3) is 0 Å². The van der Waals surface area contributed by atoms with E-state index in [2.05, 4.69) is 5.32 Å². The summed E-state index contributed by atoms with van der Waals surface area (Å²) in [6, 6.07) is 9.22. The number of rotatable bonds is 6. The van der Waals surface area contributed by atoms with E-state index in [4.69, 9.17) is 23.2 Å². The number of carbonyl (C=O) groups is 1. The summed E-state index contributed by atoms with van der Waals surface area (Å²) in [5, 5.41) is 3.40. The van der Waals surface area contributed by atoms with Crippen LogP contribution in [0.3, 0.4) is 0 Å². The summed E-state index contributed by atoms with van der Waals surface area (Å²) in [5.41, 5.74) is 2.77. The van der Waals surface area contributed by atoms with E-state index in [0.717, 1.165) is 21.7 Å². The van der Waals surface area contributed by atoms with Crippen molar-refractivity contribution in [2.24, 2.45) is 0 Å². The molecule has 146 valence electrons. The van der Waals surface area contributed by atoms with Gasteiger partial charge in [-0.2, -0.15) is 0 Å². The first kappa shape index (κ1) is 21.5. The van der Waals surface area contributed by atoms with E-state index in [1.165, 1.54) is 18.2 Å². The molecular weight excluding hydrogens is 407 g/mol. The zero-order chi connectivity index (χ0) is 20.4. The second kappa shape index (κ2) is 8.50. The number of para-hydroxylation sites is 1. The summed E-state index contributed by atoms with van der Waals surface area (Å²) in [7, 11) is -3.75. The first-order valence-electron chi connectivity index (χ1n) is 8.37. The van der Waals surface area contributed by atoms with Gasteiger partial charge in [-0.05, 0) is 49.6 Å². The van der Waals surface area contributed by atoms with Gasteiger partial charge in [0, 0.05) is 5.69 Å². The molecule has 0 heterocycles. The summed E-state index contributed by atoms with van der Waals surface area (Å²) in [6.07, 6.45) is 1.34. The lowest BCUT2D eigenvalue weighted by molar-refractivity contribution is -0.117. The predicted molar refractivity (Wildman–Crippen MR) is 112 cm³/mol. The topological polar surface area (TPSA) is 66.5 Å². The SMILES string of the molecule is CC[C@H](C(=O)Nc1c(C)cccc1C)N(c1ccc(Cl)c(Cl)c1)S(C)(=O)=O. The normalized spacial score (nSPS) is 12.5. The molecule has 0 saturated heterocycles. The zero-order valence-corrected chi connectivity index (χ0v) is 17.9. The molecule has 0 spiro atoms. The highest BCUT2D eigenvalue weighted by atomic mass is 35.5. The minimum Gasteiger partial charge on any atom is -0.324 e. The van der Waals surface area contributed by atoms with Crippen LogP contribution in [0.15, 0.2) is 36.4 Å². The maximum atomic E-state index is 13.0. The Labute approximate surface area is 170 Å². The quantitative estimate of drug-likeness (QED) is 0.718. The number of hydrogen-bond acceptors (Lipinski definition) is 3. The molecule has 1 atom stereocenters. The standard InChI is InChI=1S/C19H22Cl2N2O3S/c1-5-17(19(24)22-18-12(2)7-6-8-13(18)3)23(27(4,25)26)14-9-10-15(20)16(21)11-14/h6-11,17H,5H2,1-4H3,(H,22,24)/t17-/m1/s1. The van der Waals surface area contributed by atoms with Crippen LogP contribution in [0.4, 0.5) is 11.4 Å². The molecule has 2 aromatic carbocycles. The van der Waals surface area contributed by atoms with Gasteiger partial charge in [-0.1, -0.05) is 48.3 Å². The smallest absolute Gasteiger partial charge is 0.248 e. The summed E-state index contributed by atoms with van der Waals surface area (Å²) in [5.74, 6) is -0.411. The Kier molecular flexibility index (Phi) is 6.78. The van der Waals surface area contributed by atoms with Crippen molar-refractivity contribution in [2.45, 2.75) is 33.2 Å². The lowest BCUT2D eigenvalue weighted by Gasteiger charge is -2.30. The largest absolute Gasteiger partial charge is 0.324 e. The highest BCUT2D eigenvalue weighted by molar-refractivity contribution is 7.92. The fraction of sp³-hybridized carbons (Fsp3) is 0.316. The second-order valence-corrected chi connectivity index (χ2v) is 9.01. The number of hydrogen-bond donors (Lipinski definition) is 1. The molecule has 2 aromatic rings. The van der Waals surface area contributed by atoms with Gasteiger partial charge in [0.2, 0.25) is 15.9 Å². The van der Waals surface area contributed by atoms with E-state index in [9.17, 15) is 13.2 Å². The fourth-order valence-electron chi connectivity index (χ4n) is 2.90. The number of nitrogens with zero attached hydrogens (tertiary/aromatic N) is 1. The van der Waals surface area contributed by atoms with Crippen LogP contribution in [0.5, 0.6) is 0 Å². The highest BCUT2D eigenvalue weighted by Crippen LogP contribution is 2.31. The maximum absolute atomic E-state index is 13.0. The molecule has 0 unspecified atom stereocenters. The number of sulfonamides is 1. The summed E-state index contributed by atoms with van der Waals surface area (Å²) in [6.45, 7) is 5.53. The second-order valence-electron chi connectivity index (χ2n) is 6.34. The lowest BCUT2D eigenvalue weighted by Crippen LogP contribution is -2.47. The van der Waals surface area contributed by atoms with E-state index in [1.807, 2.05) is 32.0 Å². The molecule has 0 radical (unpaired) electrons. The van der Waals surface area contributed by atoms with Gasteiger partial charge in [0.15, 0.2) is 0 Å². The van der Waals surface area contributed by atoms with Crippen LogP contribution in [0, 0.1) is 13.8 Å². The third-order valence-electron chi connectivity index (χ3n) is 4.22. The number of aryl methyl sites for hydroxylation is 2. The molecule has 1 N–H and O–H groups in total. The monoisotopic (exact) mass is 428 g/mol. The Morgan fingerprint density at radius 2 is 1.70 bits per heavy atom. The van der Waals surface area contributed by atoms with Crippen molar-refractivity contribution in [1.29, 1.82) is 0 Å². The van der Waals surface area contributed by atoms with Crippen molar-refractivity contribution in [2.75, 3.05) is 15.9 Å². The maximum Gasteiger partial charge on any atom is 0.248 e. The van der Waals surface area contributed by atoms with Crippen LogP contribution in [-0.4, -0.2) is 26.6 Å². The van der Waals surface area contributed by atoms with Gasteiger partial charge in [-0.15, -0.1) is 0 Å². The Bertz CT molecular complexity index is 941. The molecule has 1 amide bonds. The number of nitrogens with one attached hydrogen (secondary N) is 1. The van der Waals surface area contributed by atoms with Crippen LogP contribution in [0.1, 0.15) is 24.5 Å². The molecule has 8 heteroatoms. The summed E-state index contributed by atoms with van der Waals surface area (Å²) < 4.78 is 26.1. The van der Waals surface area contributed by atoms with Gasteiger partial charge < -0.3 is 5.32 Å². The lowest BCUT2D eigenvalue weighted by atomic mass is 10.1. The van der Waals surface area contributed by atoms with Gasteiger partial charge in [0.25, 0.3) is 0 Å². The molecule has 0 aromatic heterocycles. The van der Waals surface area contributed by atoms with Gasteiger partial charge in [0.1, 0.15) is 6.04 Å². The minimum atomic E-state index is -3.75. The molecule has 0 fully saturated rings. The average Bonchev–Trinajstić information content (AvgIpc) is 2.57. The number of benzene rings is 2. The first-order valence-corrected chi connectivity index (χ1v) is 11.0. The van der Waals surface area contributed by atoms with Crippen molar-refractivity contribution in [3.63, 3.8) is 0 Å². The van der Waals surface area contributed by atoms with E-state index in [0.29, 0.717) is 10.7 Å². The molecule has 0 aliphatic heterocycles. The molecule has 27 heavy (non-hydrogen) atoms. The molecule has 5 nitrogen and oxygen atoms in total.